The van der Waals surface area contributed by atoms with E-state index in [9.17, 15) is 33.6 Å². The van der Waals surface area contributed by atoms with Crippen LogP contribution in [-0.4, -0.2) is 75.1 Å². The molecule has 9 aromatic rings. The molecule has 0 saturated heterocycles. The Balaban J connectivity index is 0.000000125. The van der Waals surface area contributed by atoms with Crippen molar-refractivity contribution in [3.63, 3.8) is 0 Å². The third-order valence-electron chi connectivity index (χ3n) is 21.3. The predicted octanol–water partition coefficient (Wildman–Crippen LogP) is 12.8. The van der Waals surface area contributed by atoms with Crippen molar-refractivity contribution >= 4 is 56.9 Å². The summed E-state index contributed by atoms with van der Waals surface area (Å²) in [6.45, 7) is 27.1. The maximum absolute atomic E-state index is 12.5. The number of H-pyrrole nitrogens is 4. The SMILES string of the molecule is C=c1nc2c(c(=O)[nH]1)=Nc1cc(C)c(C3CC3)cc1N2CCCc1ccccc1.Cc1ccc(CCCn2c3nc(=O)[nH]c(=O)c-3nc3cc(C)c(C)cc32)cc1.Cc1ccc(CCCn2c3nc(=O)[nH]c(=O)c-3nc3cc(C)c(C)cc32)cc1.Cc1cccc(CCCn2c3nc(=O)[nH]c(=O)c-3nc3cc(C)c(C)cc32)c1. The molecule has 0 spiro atoms. The number of aromatic amines is 4. The number of aryl methyl sites for hydroxylation is 17. The van der Waals surface area contributed by atoms with Crippen molar-refractivity contribution in [2.24, 2.45) is 4.99 Å². The molecule has 0 atom stereocenters. The molecular formula is C90H90N16O7. The Kier molecular flexibility index (Phi) is 22.3. The van der Waals surface area contributed by atoms with E-state index in [0.717, 1.165) is 136 Å². The van der Waals surface area contributed by atoms with E-state index in [-0.39, 0.29) is 22.6 Å². The van der Waals surface area contributed by atoms with Gasteiger partial charge < -0.3 is 23.6 Å². The second kappa shape index (κ2) is 32.9. The number of benzene rings is 8. The van der Waals surface area contributed by atoms with Gasteiger partial charge in [0.2, 0.25) is 0 Å². The first kappa shape index (κ1) is 76.7. The summed E-state index contributed by atoms with van der Waals surface area (Å²) < 4.78 is 5.86. The number of hydrogen-bond acceptors (Lipinski definition) is 16. The lowest BCUT2D eigenvalue weighted by molar-refractivity contribution is 0.648. The minimum absolute atomic E-state index is 0.200. The third-order valence-corrected chi connectivity index (χ3v) is 21.3. The van der Waals surface area contributed by atoms with E-state index in [1.165, 1.54) is 62.9 Å². The van der Waals surface area contributed by atoms with Crippen LogP contribution in [0.2, 0.25) is 0 Å². The van der Waals surface area contributed by atoms with Crippen LogP contribution < -0.4 is 55.0 Å². The first-order valence-electron chi connectivity index (χ1n) is 38.4. The lowest BCUT2D eigenvalue weighted by atomic mass is 10.0. The summed E-state index contributed by atoms with van der Waals surface area (Å²) in [4.78, 5) is 131. The number of anilines is 2. The molecule has 23 heteroatoms. The number of fused-ring (bicyclic) bond motifs is 8. The van der Waals surface area contributed by atoms with Gasteiger partial charge in [0.05, 0.1) is 44.5 Å². The molecule has 8 aromatic carbocycles. The van der Waals surface area contributed by atoms with Crippen LogP contribution in [0.5, 0.6) is 0 Å². The number of aromatic nitrogens is 14. The molecule has 8 heterocycles. The molecule has 0 bridgehead atoms. The van der Waals surface area contributed by atoms with Crippen molar-refractivity contribution in [2.75, 3.05) is 11.4 Å². The molecule has 1 aliphatic carbocycles. The van der Waals surface area contributed by atoms with Crippen LogP contribution in [0.3, 0.4) is 0 Å². The molecule has 7 aliphatic heterocycles. The average molecular weight is 1510 g/mol. The zero-order chi connectivity index (χ0) is 79.5. The van der Waals surface area contributed by atoms with E-state index in [1.807, 2.05) is 79.5 Å². The van der Waals surface area contributed by atoms with Crippen molar-refractivity contribution in [1.29, 1.82) is 0 Å². The fraction of sp³-hybridized carbons (Fsp3) is 0.278. The molecule has 23 nitrogen and oxygen atoms in total. The Morgan fingerprint density at radius 3 is 1.19 bits per heavy atom. The highest BCUT2D eigenvalue weighted by molar-refractivity contribution is 5.84. The molecule has 1 aromatic heterocycles. The van der Waals surface area contributed by atoms with Crippen LogP contribution in [-0.2, 0) is 45.3 Å². The monoisotopic (exact) mass is 1510 g/mol. The quantitative estimate of drug-likeness (QED) is 0.0616. The summed E-state index contributed by atoms with van der Waals surface area (Å²) in [5, 5.41) is 0.378. The maximum atomic E-state index is 12.5. The van der Waals surface area contributed by atoms with Crippen LogP contribution in [0, 0.1) is 69.2 Å². The minimum atomic E-state index is -0.644. The summed E-state index contributed by atoms with van der Waals surface area (Å²) in [5.74, 6) is 2.30. The van der Waals surface area contributed by atoms with Gasteiger partial charge in [0.25, 0.3) is 22.2 Å². The van der Waals surface area contributed by atoms with Crippen LogP contribution in [0.15, 0.2) is 190 Å². The standard InChI is InChI=1S/C24H24N4O.3C22H22N4O2/c1-15-13-20-21(14-19(15)18-10-11-18)28(12-6-9-17-7-4-3-5-8-17)23-22(27-20)24(29)26-16(2)25-23;1-13-6-4-7-16(10-13)8-5-9-26-18-12-15(3)14(2)11-17(18)23-19-20(26)24-22(28)25-21(19)27;2*1-13-6-8-16(9-7-13)5-4-10-26-18-12-15(3)14(2)11-17(18)23-19-20(26)24-22(28)25-21(19)27/h3-5,7-8,13-14,18H,2,6,9-12H2,1H3,(H,26,29);4,6-7,10-12H,5,8-9H2,1-3H3,(H,25,27,28);2*6-9,11-12H,4-5,10H2,1-3H3,(H,25,27,28). The minimum Gasteiger partial charge on any atom is -0.322 e. The van der Waals surface area contributed by atoms with Gasteiger partial charge in [-0.25, -0.2) is 39.3 Å². The molecule has 17 rings (SSSR count). The lowest BCUT2D eigenvalue weighted by Crippen LogP contribution is -2.42. The Labute approximate surface area is 650 Å². The van der Waals surface area contributed by atoms with Crippen LogP contribution in [0.1, 0.15) is 128 Å². The molecule has 0 unspecified atom stereocenters. The van der Waals surface area contributed by atoms with Crippen LogP contribution in [0.25, 0.3) is 74.2 Å². The van der Waals surface area contributed by atoms with Crippen molar-refractivity contribution in [1.82, 2.24) is 68.5 Å². The predicted molar refractivity (Wildman–Crippen MR) is 446 cm³/mol. The smallest absolute Gasteiger partial charge is 0.322 e. The highest BCUT2D eigenvalue weighted by Crippen LogP contribution is 2.46. The molecule has 1 fully saturated rings. The number of rotatable bonds is 17. The number of nitrogens with zero attached hydrogens (tertiary/aromatic N) is 12. The van der Waals surface area contributed by atoms with Gasteiger partial charge in [-0.3, -0.25) is 34.1 Å². The van der Waals surface area contributed by atoms with E-state index in [1.54, 1.807) is 0 Å². The molecule has 1 saturated carbocycles. The van der Waals surface area contributed by atoms with Crippen molar-refractivity contribution in [2.45, 2.75) is 159 Å². The molecule has 113 heavy (non-hydrogen) atoms. The van der Waals surface area contributed by atoms with Crippen molar-refractivity contribution < 1.29 is 0 Å². The summed E-state index contributed by atoms with van der Waals surface area (Å²) in [6, 6.07) is 52.4. The van der Waals surface area contributed by atoms with Gasteiger partial charge >= 0.3 is 17.1 Å². The van der Waals surface area contributed by atoms with Gasteiger partial charge in [0.1, 0.15) is 5.48 Å². The summed E-state index contributed by atoms with van der Waals surface area (Å²) in [7, 11) is 0. The Morgan fingerprint density at radius 1 is 0.372 bits per heavy atom. The Bertz CT molecular complexity index is 6410. The van der Waals surface area contributed by atoms with Gasteiger partial charge in [-0.05, 0) is 255 Å². The summed E-state index contributed by atoms with van der Waals surface area (Å²) in [6.07, 6.45) is 9.71. The first-order valence-corrected chi connectivity index (χ1v) is 38.4. The fourth-order valence-corrected chi connectivity index (χ4v) is 14.7. The summed E-state index contributed by atoms with van der Waals surface area (Å²) in [5.41, 5.74) is 22.3. The van der Waals surface area contributed by atoms with E-state index in [2.05, 4.69) is 226 Å². The summed E-state index contributed by atoms with van der Waals surface area (Å²) >= 11 is 0. The highest BCUT2D eigenvalue weighted by Gasteiger charge is 2.30. The molecule has 8 aliphatic rings. The van der Waals surface area contributed by atoms with E-state index < -0.39 is 33.7 Å². The first-order chi connectivity index (χ1) is 54.4. The van der Waals surface area contributed by atoms with Gasteiger partial charge in [-0.1, -0.05) is 126 Å². The van der Waals surface area contributed by atoms with E-state index in [4.69, 9.17) is 0 Å². The van der Waals surface area contributed by atoms with Crippen LogP contribution in [0.4, 0.5) is 17.2 Å². The second-order valence-corrected chi connectivity index (χ2v) is 30.0. The topological polar surface area (TPSA) is 303 Å². The molecular weight excluding hydrogens is 1420 g/mol. The molecule has 0 amide bonds. The van der Waals surface area contributed by atoms with Crippen LogP contribution >= 0.6 is 0 Å². The van der Waals surface area contributed by atoms with Gasteiger partial charge in [-0.2, -0.15) is 15.0 Å². The Hall–Kier alpha value is -13.1. The lowest BCUT2D eigenvalue weighted by Gasteiger charge is -2.29. The third kappa shape index (κ3) is 17.3. The normalized spacial score (nSPS) is 12.3. The van der Waals surface area contributed by atoms with Crippen molar-refractivity contribution in [3.05, 3.63) is 319 Å². The second-order valence-electron chi connectivity index (χ2n) is 30.0. The molecule has 4 N–H and O–H groups in total. The van der Waals surface area contributed by atoms with Gasteiger partial charge in [0, 0.05) is 26.2 Å². The zero-order valence-electron chi connectivity index (χ0n) is 65.3. The van der Waals surface area contributed by atoms with Gasteiger partial charge in [0.15, 0.2) is 45.7 Å². The fourth-order valence-electron chi connectivity index (χ4n) is 14.7. The average Bonchev–Trinajstić information content (AvgIpc) is 1.70. The largest absolute Gasteiger partial charge is 0.349 e. The number of nitrogens with one attached hydrogen (secondary N) is 4. The zero-order valence-corrected chi connectivity index (χ0v) is 65.3. The molecule has 572 valence electrons. The van der Waals surface area contributed by atoms with Gasteiger partial charge in [-0.15, -0.1) is 0 Å². The van der Waals surface area contributed by atoms with E-state index in [0.29, 0.717) is 59.7 Å². The maximum Gasteiger partial charge on any atom is 0.349 e. The van der Waals surface area contributed by atoms with E-state index >= 15 is 0 Å². The highest BCUT2D eigenvalue weighted by atomic mass is 16.2. The Morgan fingerprint density at radius 2 is 0.770 bits per heavy atom. The van der Waals surface area contributed by atoms with Crippen molar-refractivity contribution in [3.8, 4) is 34.6 Å². The molecule has 0 radical (unpaired) electrons. The number of hydrogen-bond donors (Lipinski definition) is 4.